The Kier molecular flexibility index (Phi) is 8.51. The van der Waals surface area contributed by atoms with E-state index in [4.69, 9.17) is 4.74 Å². The summed E-state index contributed by atoms with van der Waals surface area (Å²) in [7, 11) is 1.73. The molecule has 0 saturated heterocycles. The van der Waals surface area contributed by atoms with Gasteiger partial charge in [-0.3, -0.25) is 4.99 Å². The van der Waals surface area contributed by atoms with Gasteiger partial charge >= 0.3 is 6.09 Å². The first kappa shape index (κ1) is 22.3. The average molecular weight is 401 g/mol. The van der Waals surface area contributed by atoms with Gasteiger partial charge in [-0.1, -0.05) is 18.2 Å². The summed E-state index contributed by atoms with van der Waals surface area (Å²) in [6, 6.07) is 12.1. The van der Waals surface area contributed by atoms with Crippen LogP contribution in [0.25, 0.3) is 10.9 Å². The Morgan fingerprint density at radius 2 is 1.72 bits per heavy atom. The number of rotatable bonds is 8. The number of guanidine groups is 1. The van der Waals surface area contributed by atoms with Crippen LogP contribution in [0, 0.1) is 0 Å². The number of anilines is 1. The maximum atomic E-state index is 11.6. The first-order chi connectivity index (χ1) is 13.9. The molecule has 0 radical (unpaired) electrons. The van der Waals surface area contributed by atoms with Gasteiger partial charge in [0.1, 0.15) is 11.4 Å². The van der Waals surface area contributed by atoms with Crippen molar-refractivity contribution in [3.63, 3.8) is 0 Å². The van der Waals surface area contributed by atoms with Gasteiger partial charge in [-0.05, 0) is 45.4 Å². The van der Waals surface area contributed by atoms with Crippen molar-refractivity contribution in [3.8, 4) is 0 Å². The SMILES string of the molecule is CN=C(NCCCNC(=O)OC(C)(C)C)NCCNc1ccc2ccccc2n1. The summed E-state index contributed by atoms with van der Waals surface area (Å²) in [4.78, 5) is 20.4. The normalized spacial score (nSPS) is 11.8. The predicted molar refractivity (Wildman–Crippen MR) is 118 cm³/mol. The fourth-order valence-corrected chi connectivity index (χ4v) is 2.56. The maximum absolute atomic E-state index is 11.6. The second-order valence-electron chi connectivity index (χ2n) is 7.52. The number of aromatic nitrogens is 1. The molecule has 1 aromatic heterocycles. The minimum Gasteiger partial charge on any atom is -0.444 e. The van der Waals surface area contributed by atoms with E-state index < -0.39 is 11.7 Å². The summed E-state index contributed by atoms with van der Waals surface area (Å²) in [5.41, 5.74) is 0.493. The Morgan fingerprint density at radius 1 is 1.00 bits per heavy atom. The van der Waals surface area contributed by atoms with Gasteiger partial charge in [0.15, 0.2) is 5.96 Å². The predicted octanol–water partition coefficient (Wildman–Crippen LogP) is 2.73. The lowest BCUT2D eigenvalue weighted by atomic mass is 10.2. The molecule has 8 heteroatoms. The molecular formula is C21H32N6O2. The molecular weight excluding hydrogens is 368 g/mol. The largest absolute Gasteiger partial charge is 0.444 e. The molecule has 1 amide bonds. The molecule has 8 nitrogen and oxygen atoms in total. The maximum Gasteiger partial charge on any atom is 0.407 e. The average Bonchev–Trinajstić information content (AvgIpc) is 2.67. The molecule has 1 aromatic carbocycles. The molecule has 29 heavy (non-hydrogen) atoms. The van der Waals surface area contributed by atoms with E-state index in [0.717, 1.165) is 29.1 Å². The van der Waals surface area contributed by atoms with Crippen LogP contribution in [0.15, 0.2) is 41.4 Å². The van der Waals surface area contributed by atoms with E-state index in [2.05, 4.69) is 37.3 Å². The van der Waals surface area contributed by atoms with Crippen molar-refractivity contribution in [1.82, 2.24) is 20.9 Å². The number of carbonyl (C=O) groups excluding carboxylic acids is 1. The Labute approximate surface area is 172 Å². The summed E-state index contributed by atoms with van der Waals surface area (Å²) in [6.45, 7) is 8.16. The summed E-state index contributed by atoms with van der Waals surface area (Å²) in [6.07, 6.45) is 0.368. The van der Waals surface area contributed by atoms with E-state index in [1.807, 2.05) is 51.1 Å². The van der Waals surface area contributed by atoms with Gasteiger partial charge in [0.25, 0.3) is 0 Å². The van der Waals surface area contributed by atoms with Gasteiger partial charge < -0.3 is 26.0 Å². The number of hydrogen-bond acceptors (Lipinski definition) is 5. The van der Waals surface area contributed by atoms with Crippen molar-refractivity contribution >= 4 is 28.8 Å². The second-order valence-corrected chi connectivity index (χ2v) is 7.52. The van der Waals surface area contributed by atoms with E-state index in [-0.39, 0.29) is 0 Å². The number of alkyl carbamates (subject to hydrolysis) is 1. The third-order valence-electron chi connectivity index (χ3n) is 3.86. The second kappa shape index (κ2) is 11.1. The van der Waals surface area contributed by atoms with E-state index in [1.54, 1.807) is 7.05 Å². The molecule has 0 fully saturated rings. The van der Waals surface area contributed by atoms with Crippen LogP contribution in [0.5, 0.6) is 0 Å². The Balaban J connectivity index is 1.59. The van der Waals surface area contributed by atoms with Crippen molar-refractivity contribution in [3.05, 3.63) is 36.4 Å². The zero-order valence-electron chi connectivity index (χ0n) is 17.7. The molecule has 158 valence electrons. The molecule has 0 unspecified atom stereocenters. The standard InChI is InChI=1S/C21H32N6O2/c1-21(2,3)29-20(28)26-13-7-12-24-19(22-4)25-15-14-23-18-11-10-16-8-5-6-9-17(16)27-18/h5-6,8-11H,7,12-15H2,1-4H3,(H,23,27)(H,26,28)(H2,22,24,25). The van der Waals surface area contributed by atoms with Crippen molar-refractivity contribution < 1.29 is 9.53 Å². The van der Waals surface area contributed by atoms with Gasteiger partial charge in [-0.25, -0.2) is 9.78 Å². The number of para-hydroxylation sites is 1. The summed E-state index contributed by atoms with van der Waals surface area (Å²) < 4.78 is 5.19. The Morgan fingerprint density at radius 3 is 2.48 bits per heavy atom. The molecule has 4 N–H and O–H groups in total. The molecule has 0 aliphatic rings. The number of pyridine rings is 1. The van der Waals surface area contributed by atoms with E-state index in [1.165, 1.54) is 0 Å². The quantitative estimate of drug-likeness (QED) is 0.309. The molecule has 0 atom stereocenters. The van der Waals surface area contributed by atoms with Crippen molar-refractivity contribution in [2.75, 3.05) is 38.5 Å². The summed E-state index contributed by atoms with van der Waals surface area (Å²) >= 11 is 0. The summed E-state index contributed by atoms with van der Waals surface area (Å²) in [5.74, 6) is 1.57. The lowest BCUT2D eigenvalue weighted by molar-refractivity contribution is 0.0527. The molecule has 2 rings (SSSR count). The highest BCUT2D eigenvalue weighted by atomic mass is 16.6. The van der Waals surface area contributed by atoms with Crippen LogP contribution in [-0.2, 0) is 4.74 Å². The van der Waals surface area contributed by atoms with Gasteiger partial charge in [-0.15, -0.1) is 0 Å². The van der Waals surface area contributed by atoms with E-state index in [9.17, 15) is 4.79 Å². The summed E-state index contributed by atoms with van der Waals surface area (Å²) in [5, 5.41) is 13.6. The minimum absolute atomic E-state index is 0.395. The van der Waals surface area contributed by atoms with Crippen LogP contribution in [0.1, 0.15) is 27.2 Å². The highest BCUT2D eigenvalue weighted by molar-refractivity contribution is 5.80. The van der Waals surface area contributed by atoms with Gasteiger partial charge in [0.05, 0.1) is 5.52 Å². The van der Waals surface area contributed by atoms with Crippen LogP contribution in [0.4, 0.5) is 10.6 Å². The highest BCUT2D eigenvalue weighted by Gasteiger charge is 2.15. The van der Waals surface area contributed by atoms with Crippen molar-refractivity contribution in [2.45, 2.75) is 32.8 Å². The van der Waals surface area contributed by atoms with Crippen LogP contribution < -0.4 is 21.3 Å². The number of benzene rings is 1. The highest BCUT2D eigenvalue weighted by Crippen LogP contribution is 2.14. The van der Waals surface area contributed by atoms with E-state index >= 15 is 0 Å². The molecule has 2 aromatic rings. The van der Waals surface area contributed by atoms with E-state index in [0.29, 0.717) is 26.2 Å². The van der Waals surface area contributed by atoms with Crippen LogP contribution in [-0.4, -0.2) is 55.9 Å². The van der Waals surface area contributed by atoms with Gasteiger partial charge in [0.2, 0.25) is 0 Å². The molecule has 0 saturated carbocycles. The number of hydrogen-bond donors (Lipinski definition) is 4. The fraction of sp³-hybridized carbons (Fsp3) is 0.476. The number of nitrogens with one attached hydrogen (secondary N) is 4. The zero-order chi connectivity index (χ0) is 21.1. The number of aliphatic imine (C=N–C) groups is 1. The number of nitrogens with zero attached hydrogens (tertiary/aromatic N) is 2. The Hall–Kier alpha value is -3.03. The zero-order valence-corrected chi connectivity index (χ0v) is 17.7. The topological polar surface area (TPSA) is 99.7 Å². The van der Waals surface area contributed by atoms with Crippen LogP contribution in [0.2, 0.25) is 0 Å². The molecule has 0 bridgehead atoms. The van der Waals surface area contributed by atoms with Crippen LogP contribution >= 0.6 is 0 Å². The lowest BCUT2D eigenvalue weighted by Gasteiger charge is -2.19. The van der Waals surface area contributed by atoms with Crippen LogP contribution in [0.3, 0.4) is 0 Å². The molecule has 0 aliphatic heterocycles. The molecule has 0 aliphatic carbocycles. The molecule has 1 heterocycles. The number of fused-ring (bicyclic) bond motifs is 1. The third-order valence-corrected chi connectivity index (χ3v) is 3.86. The first-order valence-corrected chi connectivity index (χ1v) is 9.88. The first-order valence-electron chi connectivity index (χ1n) is 9.88. The third kappa shape index (κ3) is 8.68. The van der Waals surface area contributed by atoms with Crippen molar-refractivity contribution in [2.24, 2.45) is 4.99 Å². The minimum atomic E-state index is -0.481. The number of carbonyl (C=O) groups is 1. The van der Waals surface area contributed by atoms with Gasteiger partial charge in [0, 0.05) is 38.6 Å². The lowest BCUT2D eigenvalue weighted by Crippen LogP contribution is -2.41. The molecule has 0 spiro atoms. The Bertz CT molecular complexity index is 816. The monoisotopic (exact) mass is 400 g/mol. The fourth-order valence-electron chi connectivity index (χ4n) is 2.56. The smallest absolute Gasteiger partial charge is 0.407 e. The van der Waals surface area contributed by atoms with Crippen molar-refractivity contribution in [1.29, 1.82) is 0 Å². The number of amides is 1. The number of ether oxygens (including phenoxy) is 1. The van der Waals surface area contributed by atoms with Gasteiger partial charge in [-0.2, -0.15) is 0 Å².